The van der Waals surface area contributed by atoms with E-state index in [9.17, 15) is 5.11 Å². The smallest absolute Gasteiger partial charge is 0.191 e. The Bertz CT molecular complexity index is 583. The fraction of sp³-hybridized carbons (Fsp3) is 0.444. The highest BCUT2D eigenvalue weighted by atomic mass is 16.3. The molecule has 6 nitrogen and oxygen atoms in total. The van der Waals surface area contributed by atoms with Gasteiger partial charge >= 0.3 is 0 Å². The van der Waals surface area contributed by atoms with Gasteiger partial charge in [0.2, 0.25) is 0 Å². The number of hydrogen-bond donors (Lipinski definition) is 3. The number of nitrogens with one attached hydrogen (secondary N) is 2. The number of rotatable bonds is 9. The van der Waals surface area contributed by atoms with Crippen LogP contribution in [0.25, 0.3) is 0 Å². The maximum Gasteiger partial charge on any atom is 0.191 e. The lowest BCUT2D eigenvalue weighted by Gasteiger charge is -2.15. The van der Waals surface area contributed by atoms with Crippen LogP contribution >= 0.6 is 0 Å². The summed E-state index contributed by atoms with van der Waals surface area (Å²) >= 11 is 0. The molecule has 0 amide bonds. The lowest BCUT2D eigenvalue weighted by atomic mass is 10.0. The SMILES string of the molecule is CCNC(=NCC(CO)c1ccccc1)NCCCn1ccnc1. The topological polar surface area (TPSA) is 74.5 Å². The molecule has 0 fully saturated rings. The molecule has 1 aromatic carbocycles. The van der Waals surface area contributed by atoms with Gasteiger partial charge in [0, 0.05) is 37.9 Å². The number of hydrogen-bond acceptors (Lipinski definition) is 3. The molecule has 0 radical (unpaired) electrons. The zero-order chi connectivity index (χ0) is 17.0. The quantitative estimate of drug-likeness (QED) is 0.371. The normalized spacial score (nSPS) is 12.8. The molecule has 0 aliphatic rings. The molecule has 0 aliphatic carbocycles. The molecule has 0 saturated carbocycles. The van der Waals surface area contributed by atoms with Gasteiger partial charge in [-0.05, 0) is 18.9 Å². The second-order valence-electron chi connectivity index (χ2n) is 5.59. The van der Waals surface area contributed by atoms with Crippen LogP contribution in [0.5, 0.6) is 0 Å². The van der Waals surface area contributed by atoms with Gasteiger partial charge < -0.3 is 20.3 Å². The summed E-state index contributed by atoms with van der Waals surface area (Å²) in [6.45, 7) is 5.26. The van der Waals surface area contributed by atoms with Crippen LogP contribution in [0.3, 0.4) is 0 Å². The molecule has 1 heterocycles. The van der Waals surface area contributed by atoms with Crippen molar-refractivity contribution in [1.29, 1.82) is 0 Å². The third-order valence-electron chi connectivity index (χ3n) is 3.75. The van der Waals surface area contributed by atoms with Crippen LogP contribution in [-0.4, -0.2) is 46.9 Å². The molecule has 24 heavy (non-hydrogen) atoms. The molecule has 2 rings (SSSR count). The van der Waals surface area contributed by atoms with E-state index in [1.807, 2.05) is 49.8 Å². The van der Waals surface area contributed by atoms with Crippen LogP contribution in [-0.2, 0) is 6.54 Å². The zero-order valence-corrected chi connectivity index (χ0v) is 14.2. The lowest BCUT2D eigenvalue weighted by Crippen LogP contribution is -2.38. The number of aryl methyl sites for hydroxylation is 1. The number of benzene rings is 1. The van der Waals surface area contributed by atoms with Crippen LogP contribution in [0.1, 0.15) is 24.8 Å². The summed E-state index contributed by atoms with van der Waals surface area (Å²) in [5.41, 5.74) is 1.11. The van der Waals surface area contributed by atoms with Crippen molar-refractivity contribution >= 4 is 5.96 Å². The van der Waals surface area contributed by atoms with Crippen molar-refractivity contribution in [2.75, 3.05) is 26.2 Å². The molecule has 3 N–H and O–H groups in total. The van der Waals surface area contributed by atoms with E-state index in [4.69, 9.17) is 0 Å². The van der Waals surface area contributed by atoms with E-state index >= 15 is 0 Å². The minimum atomic E-state index is 0.0209. The summed E-state index contributed by atoms with van der Waals surface area (Å²) in [6, 6.07) is 10.0. The molecule has 1 atom stereocenters. The molecule has 1 aromatic heterocycles. The molecule has 130 valence electrons. The first-order valence-electron chi connectivity index (χ1n) is 8.47. The summed E-state index contributed by atoms with van der Waals surface area (Å²) in [4.78, 5) is 8.65. The summed E-state index contributed by atoms with van der Waals surface area (Å²) in [7, 11) is 0. The van der Waals surface area contributed by atoms with Gasteiger partial charge in [0.05, 0.1) is 19.5 Å². The van der Waals surface area contributed by atoms with Crippen molar-refractivity contribution < 1.29 is 5.11 Å². The zero-order valence-electron chi connectivity index (χ0n) is 14.2. The predicted molar refractivity (Wildman–Crippen MR) is 97.1 cm³/mol. The molecular formula is C18H27N5O. The van der Waals surface area contributed by atoms with E-state index in [0.717, 1.165) is 37.6 Å². The van der Waals surface area contributed by atoms with Gasteiger partial charge in [-0.25, -0.2) is 4.98 Å². The molecular weight excluding hydrogens is 302 g/mol. The fourth-order valence-electron chi connectivity index (χ4n) is 2.42. The van der Waals surface area contributed by atoms with E-state index in [0.29, 0.717) is 6.54 Å². The molecule has 0 bridgehead atoms. The average molecular weight is 329 g/mol. The number of aliphatic imine (C=N–C) groups is 1. The van der Waals surface area contributed by atoms with Gasteiger partial charge in [-0.1, -0.05) is 30.3 Å². The van der Waals surface area contributed by atoms with Gasteiger partial charge in [0.15, 0.2) is 5.96 Å². The number of nitrogens with zero attached hydrogens (tertiary/aromatic N) is 3. The highest BCUT2D eigenvalue weighted by Gasteiger charge is 2.09. The summed E-state index contributed by atoms with van der Waals surface area (Å²) in [5, 5.41) is 16.2. The number of aliphatic hydroxyl groups is 1. The van der Waals surface area contributed by atoms with Crippen LogP contribution in [0.4, 0.5) is 0 Å². The first-order chi connectivity index (χ1) is 11.8. The lowest BCUT2D eigenvalue weighted by molar-refractivity contribution is 0.268. The van der Waals surface area contributed by atoms with Gasteiger partial charge in [-0.15, -0.1) is 0 Å². The Labute approximate surface area is 143 Å². The van der Waals surface area contributed by atoms with Gasteiger partial charge in [0.1, 0.15) is 0 Å². The van der Waals surface area contributed by atoms with E-state index in [1.165, 1.54) is 0 Å². The average Bonchev–Trinajstić information content (AvgIpc) is 3.13. The molecule has 0 aliphatic heterocycles. The molecule has 2 aromatic rings. The molecule has 0 saturated heterocycles. The minimum absolute atomic E-state index is 0.0209. The second kappa shape index (κ2) is 10.4. The van der Waals surface area contributed by atoms with E-state index in [1.54, 1.807) is 6.20 Å². The van der Waals surface area contributed by atoms with Crippen LogP contribution < -0.4 is 10.6 Å². The van der Waals surface area contributed by atoms with Crippen molar-refractivity contribution in [1.82, 2.24) is 20.2 Å². The van der Waals surface area contributed by atoms with Gasteiger partial charge in [0.25, 0.3) is 0 Å². The molecule has 6 heteroatoms. The van der Waals surface area contributed by atoms with E-state index in [2.05, 4.69) is 25.2 Å². The molecule has 1 unspecified atom stereocenters. The van der Waals surface area contributed by atoms with Crippen molar-refractivity contribution in [2.24, 2.45) is 4.99 Å². The van der Waals surface area contributed by atoms with Crippen molar-refractivity contribution in [3.8, 4) is 0 Å². The Kier molecular flexibility index (Phi) is 7.83. The number of imidazole rings is 1. The van der Waals surface area contributed by atoms with Crippen LogP contribution in [0.15, 0.2) is 54.0 Å². The highest BCUT2D eigenvalue weighted by Crippen LogP contribution is 2.14. The minimum Gasteiger partial charge on any atom is -0.396 e. The first-order valence-corrected chi connectivity index (χ1v) is 8.47. The van der Waals surface area contributed by atoms with Crippen molar-refractivity contribution in [3.05, 3.63) is 54.6 Å². The third-order valence-corrected chi connectivity index (χ3v) is 3.75. The largest absolute Gasteiger partial charge is 0.396 e. The Morgan fingerprint density at radius 2 is 2.12 bits per heavy atom. The van der Waals surface area contributed by atoms with Crippen LogP contribution in [0.2, 0.25) is 0 Å². The standard InChI is InChI=1S/C18H27N5O/c1-2-20-18(21-9-6-11-23-12-10-19-15-23)22-13-17(14-24)16-7-4-3-5-8-16/h3-5,7-8,10,12,15,17,24H,2,6,9,11,13-14H2,1H3,(H2,20,21,22). The maximum atomic E-state index is 9.62. The number of guanidine groups is 1. The monoisotopic (exact) mass is 329 g/mol. The Hall–Kier alpha value is -2.34. The van der Waals surface area contributed by atoms with E-state index < -0.39 is 0 Å². The van der Waals surface area contributed by atoms with Crippen molar-refractivity contribution in [3.63, 3.8) is 0 Å². The Morgan fingerprint density at radius 1 is 1.29 bits per heavy atom. The van der Waals surface area contributed by atoms with Crippen LogP contribution in [0, 0.1) is 0 Å². The highest BCUT2D eigenvalue weighted by molar-refractivity contribution is 5.79. The summed E-state index contributed by atoms with van der Waals surface area (Å²) in [5.74, 6) is 0.810. The fourth-order valence-corrected chi connectivity index (χ4v) is 2.42. The molecule has 0 spiro atoms. The Morgan fingerprint density at radius 3 is 2.79 bits per heavy atom. The predicted octanol–water partition coefficient (Wildman–Crippen LogP) is 1.60. The van der Waals surface area contributed by atoms with E-state index in [-0.39, 0.29) is 12.5 Å². The first kappa shape index (κ1) is 18.0. The Balaban J connectivity index is 1.82. The second-order valence-corrected chi connectivity index (χ2v) is 5.59. The maximum absolute atomic E-state index is 9.62. The summed E-state index contributed by atoms with van der Waals surface area (Å²) in [6.07, 6.45) is 6.57. The number of aromatic nitrogens is 2. The number of aliphatic hydroxyl groups excluding tert-OH is 1. The van der Waals surface area contributed by atoms with Gasteiger partial charge in [-0.2, -0.15) is 0 Å². The summed E-state index contributed by atoms with van der Waals surface area (Å²) < 4.78 is 2.06. The van der Waals surface area contributed by atoms with Gasteiger partial charge in [-0.3, -0.25) is 4.99 Å². The third kappa shape index (κ3) is 6.04. The van der Waals surface area contributed by atoms with Crippen molar-refractivity contribution in [2.45, 2.75) is 25.8 Å².